The second-order valence-corrected chi connectivity index (χ2v) is 14.1. The maximum atomic E-state index is 6.39. The number of anilines is 3. The molecular formula is C43H29NOS. The Morgan fingerprint density at radius 2 is 1.17 bits per heavy atom. The van der Waals surface area contributed by atoms with Crippen LogP contribution in [0.3, 0.4) is 0 Å². The van der Waals surface area contributed by atoms with E-state index in [-0.39, 0.29) is 5.41 Å². The summed E-state index contributed by atoms with van der Waals surface area (Å²) in [6.07, 6.45) is 0. The molecule has 0 bridgehead atoms. The quantitative estimate of drug-likeness (QED) is 0.199. The molecule has 2 nitrogen and oxygen atoms in total. The van der Waals surface area contributed by atoms with Crippen LogP contribution in [0.25, 0.3) is 64.0 Å². The summed E-state index contributed by atoms with van der Waals surface area (Å²) in [5.41, 5.74) is 10.4. The Balaban J connectivity index is 1.20. The standard InChI is InChI=1S/C43H29NOS/c1-43(2)37-12-6-3-9-31(37)32-19-17-29(24-38(32)43)44(30-18-20-34-33-10-4-7-13-39(33)45-40(34)25-30)28-16-15-26-23-42-36(22-27(26)21-28)35-11-5-8-14-41(35)46-42/h3-25H,1-2H3. The Labute approximate surface area is 270 Å². The van der Waals surface area contributed by atoms with Crippen molar-refractivity contribution in [3.05, 3.63) is 151 Å². The van der Waals surface area contributed by atoms with Crippen molar-refractivity contribution in [3.63, 3.8) is 0 Å². The number of furan rings is 1. The van der Waals surface area contributed by atoms with Crippen molar-refractivity contribution in [2.45, 2.75) is 19.3 Å². The Morgan fingerprint density at radius 3 is 2.11 bits per heavy atom. The number of hydrogen-bond donors (Lipinski definition) is 0. The van der Waals surface area contributed by atoms with Gasteiger partial charge in [-0.3, -0.25) is 0 Å². The van der Waals surface area contributed by atoms with Crippen molar-refractivity contribution < 1.29 is 4.42 Å². The number of fused-ring (bicyclic) bond motifs is 10. The van der Waals surface area contributed by atoms with Gasteiger partial charge in [-0.25, -0.2) is 0 Å². The van der Waals surface area contributed by atoms with Gasteiger partial charge < -0.3 is 9.32 Å². The summed E-state index contributed by atoms with van der Waals surface area (Å²) in [6, 6.07) is 51.1. The largest absolute Gasteiger partial charge is 0.456 e. The fourth-order valence-electron chi connectivity index (χ4n) is 7.73. The van der Waals surface area contributed by atoms with Gasteiger partial charge in [0, 0.05) is 59.5 Å². The number of para-hydroxylation sites is 1. The van der Waals surface area contributed by atoms with Crippen LogP contribution in [0.4, 0.5) is 17.1 Å². The van der Waals surface area contributed by atoms with Gasteiger partial charge in [-0.15, -0.1) is 11.3 Å². The van der Waals surface area contributed by atoms with Gasteiger partial charge in [-0.05, 0) is 93.7 Å². The van der Waals surface area contributed by atoms with E-state index >= 15 is 0 Å². The molecule has 2 aromatic heterocycles. The van der Waals surface area contributed by atoms with E-state index in [0.717, 1.165) is 39.0 Å². The van der Waals surface area contributed by atoms with Crippen LogP contribution in [0.5, 0.6) is 0 Å². The van der Waals surface area contributed by atoms with Crippen LogP contribution in [0, 0.1) is 0 Å². The fourth-order valence-corrected chi connectivity index (χ4v) is 8.86. The molecule has 0 saturated heterocycles. The number of nitrogens with zero attached hydrogens (tertiary/aromatic N) is 1. The lowest BCUT2D eigenvalue weighted by Gasteiger charge is -2.28. The predicted molar refractivity (Wildman–Crippen MR) is 196 cm³/mol. The van der Waals surface area contributed by atoms with Crippen molar-refractivity contribution in [3.8, 4) is 11.1 Å². The normalized spacial score (nSPS) is 13.6. The number of thiophene rings is 1. The molecule has 46 heavy (non-hydrogen) atoms. The van der Waals surface area contributed by atoms with Crippen molar-refractivity contribution >= 4 is 81.3 Å². The fraction of sp³-hybridized carbons (Fsp3) is 0.0698. The van der Waals surface area contributed by atoms with Gasteiger partial charge in [0.25, 0.3) is 0 Å². The highest BCUT2D eigenvalue weighted by atomic mass is 32.1. The smallest absolute Gasteiger partial charge is 0.137 e. The molecular weight excluding hydrogens is 579 g/mol. The molecule has 2 heterocycles. The molecule has 0 spiro atoms. The monoisotopic (exact) mass is 607 g/mol. The summed E-state index contributed by atoms with van der Waals surface area (Å²) in [7, 11) is 0. The Morgan fingerprint density at radius 1 is 0.478 bits per heavy atom. The van der Waals surface area contributed by atoms with E-state index in [1.807, 2.05) is 23.5 Å². The lowest BCUT2D eigenvalue weighted by Crippen LogP contribution is -2.16. The van der Waals surface area contributed by atoms with Gasteiger partial charge in [0.2, 0.25) is 0 Å². The van der Waals surface area contributed by atoms with E-state index in [0.29, 0.717) is 0 Å². The SMILES string of the molecule is CC1(C)c2ccccc2-c2ccc(N(c3ccc4cc5sc6ccccc6c5cc4c3)c3ccc4c(c3)oc3ccccc34)cc21. The highest BCUT2D eigenvalue weighted by molar-refractivity contribution is 7.25. The third kappa shape index (κ3) is 3.64. The van der Waals surface area contributed by atoms with E-state index in [2.05, 4.69) is 146 Å². The Bertz CT molecular complexity index is 2690. The summed E-state index contributed by atoms with van der Waals surface area (Å²) in [5, 5.41) is 7.40. The molecule has 9 aromatic rings. The molecule has 7 aromatic carbocycles. The van der Waals surface area contributed by atoms with Crippen LogP contribution in [-0.2, 0) is 5.41 Å². The minimum atomic E-state index is -0.0920. The molecule has 0 unspecified atom stereocenters. The summed E-state index contributed by atoms with van der Waals surface area (Å²) in [5.74, 6) is 0. The lowest BCUT2D eigenvalue weighted by atomic mass is 9.82. The molecule has 0 fully saturated rings. The predicted octanol–water partition coefficient (Wildman–Crippen LogP) is 12.9. The molecule has 10 rings (SSSR count). The first-order valence-electron chi connectivity index (χ1n) is 15.8. The van der Waals surface area contributed by atoms with Crippen LogP contribution in [-0.4, -0.2) is 0 Å². The molecule has 0 atom stereocenters. The molecule has 218 valence electrons. The van der Waals surface area contributed by atoms with Crippen molar-refractivity contribution in [2.24, 2.45) is 0 Å². The number of hydrogen-bond acceptors (Lipinski definition) is 3. The molecule has 0 aliphatic heterocycles. The first-order valence-corrected chi connectivity index (χ1v) is 16.7. The molecule has 1 aliphatic carbocycles. The molecule has 0 saturated carbocycles. The molecule has 3 heteroatoms. The molecule has 0 amide bonds. The average molecular weight is 608 g/mol. The topological polar surface area (TPSA) is 16.4 Å². The van der Waals surface area contributed by atoms with Gasteiger partial charge in [-0.1, -0.05) is 86.6 Å². The van der Waals surface area contributed by atoms with E-state index in [1.165, 1.54) is 53.2 Å². The van der Waals surface area contributed by atoms with Gasteiger partial charge in [-0.2, -0.15) is 0 Å². The van der Waals surface area contributed by atoms with Gasteiger partial charge >= 0.3 is 0 Å². The molecule has 0 radical (unpaired) electrons. The van der Waals surface area contributed by atoms with Crippen molar-refractivity contribution in [1.29, 1.82) is 0 Å². The number of benzene rings is 7. The third-order valence-corrected chi connectivity index (χ3v) is 11.2. The van der Waals surface area contributed by atoms with E-state index < -0.39 is 0 Å². The van der Waals surface area contributed by atoms with Crippen LogP contribution in [0.15, 0.2) is 144 Å². The first-order chi connectivity index (χ1) is 22.5. The van der Waals surface area contributed by atoms with E-state index in [4.69, 9.17) is 4.42 Å². The highest BCUT2D eigenvalue weighted by Gasteiger charge is 2.35. The average Bonchev–Trinajstić information content (AvgIpc) is 3.71. The van der Waals surface area contributed by atoms with Crippen LogP contribution in [0.2, 0.25) is 0 Å². The van der Waals surface area contributed by atoms with Gasteiger partial charge in [0.1, 0.15) is 11.2 Å². The van der Waals surface area contributed by atoms with Crippen molar-refractivity contribution in [1.82, 2.24) is 0 Å². The zero-order valence-electron chi connectivity index (χ0n) is 25.5. The molecule has 0 N–H and O–H groups in total. The van der Waals surface area contributed by atoms with E-state index in [1.54, 1.807) is 0 Å². The zero-order chi connectivity index (χ0) is 30.6. The van der Waals surface area contributed by atoms with E-state index in [9.17, 15) is 0 Å². The van der Waals surface area contributed by atoms with Crippen molar-refractivity contribution in [2.75, 3.05) is 4.90 Å². The van der Waals surface area contributed by atoms with Gasteiger partial charge in [0.05, 0.1) is 0 Å². The molecule has 1 aliphatic rings. The maximum Gasteiger partial charge on any atom is 0.137 e. The first kappa shape index (κ1) is 25.9. The van der Waals surface area contributed by atoms with Crippen LogP contribution < -0.4 is 4.90 Å². The van der Waals surface area contributed by atoms with Crippen LogP contribution >= 0.6 is 11.3 Å². The Kier molecular flexibility index (Phi) is 5.25. The second-order valence-electron chi connectivity index (χ2n) is 13.0. The summed E-state index contributed by atoms with van der Waals surface area (Å²) >= 11 is 1.87. The minimum Gasteiger partial charge on any atom is -0.456 e. The highest BCUT2D eigenvalue weighted by Crippen LogP contribution is 2.51. The Hall–Kier alpha value is -5.38. The lowest BCUT2D eigenvalue weighted by molar-refractivity contribution is 0.660. The number of rotatable bonds is 3. The van der Waals surface area contributed by atoms with Crippen LogP contribution in [0.1, 0.15) is 25.0 Å². The zero-order valence-corrected chi connectivity index (χ0v) is 26.4. The van der Waals surface area contributed by atoms with Gasteiger partial charge in [0.15, 0.2) is 0 Å². The third-order valence-electron chi connectivity index (χ3n) is 10.0. The summed E-state index contributed by atoms with van der Waals surface area (Å²) in [6.45, 7) is 4.69. The summed E-state index contributed by atoms with van der Waals surface area (Å²) < 4.78 is 9.05. The maximum absolute atomic E-state index is 6.39. The minimum absolute atomic E-state index is 0.0920. The second kappa shape index (κ2) is 9.32. The summed E-state index contributed by atoms with van der Waals surface area (Å²) in [4.78, 5) is 2.39.